The van der Waals surface area contributed by atoms with E-state index in [0.717, 1.165) is 16.8 Å². The molecule has 1 aliphatic heterocycles. The van der Waals surface area contributed by atoms with Crippen LogP contribution in [0.1, 0.15) is 17.0 Å². The second kappa shape index (κ2) is 8.19. The van der Waals surface area contributed by atoms with Crippen LogP contribution in [0.3, 0.4) is 0 Å². The van der Waals surface area contributed by atoms with E-state index >= 15 is 0 Å². The molecule has 0 saturated carbocycles. The van der Waals surface area contributed by atoms with Crippen LogP contribution in [-0.2, 0) is 10.0 Å². The van der Waals surface area contributed by atoms with Crippen molar-refractivity contribution >= 4 is 33.7 Å². The molecule has 7 heteroatoms. The van der Waals surface area contributed by atoms with Gasteiger partial charge in [-0.3, -0.25) is 5.01 Å². The van der Waals surface area contributed by atoms with Gasteiger partial charge in [-0.2, -0.15) is 13.5 Å². The maximum Gasteiger partial charge on any atom is 0.283 e. The molecule has 0 aliphatic carbocycles. The third-order valence-corrected chi connectivity index (χ3v) is 6.13. The van der Waals surface area contributed by atoms with Gasteiger partial charge in [-0.1, -0.05) is 72.3 Å². The van der Waals surface area contributed by atoms with Crippen molar-refractivity contribution in [1.29, 1.82) is 0 Å². The first-order valence-corrected chi connectivity index (χ1v) is 10.9. The number of benzene rings is 3. The highest BCUT2D eigenvalue weighted by Gasteiger charge is 2.29. The Morgan fingerprint density at radius 1 is 0.931 bits per heavy atom. The zero-order valence-electron chi connectivity index (χ0n) is 15.4. The fraction of sp³-hybridized carbons (Fsp3) is 0.0909. The summed E-state index contributed by atoms with van der Waals surface area (Å²) in [6.45, 7) is 0.496. The van der Waals surface area contributed by atoms with Gasteiger partial charge in [-0.25, -0.2) is 0 Å². The van der Waals surface area contributed by atoms with Crippen LogP contribution in [0.25, 0.3) is 0 Å². The molecule has 146 valence electrons. The van der Waals surface area contributed by atoms with Gasteiger partial charge in [0.05, 0.1) is 17.2 Å². The molecule has 1 aliphatic rings. The Kier molecular flexibility index (Phi) is 5.47. The predicted octanol–water partition coefficient (Wildman–Crippen LogP) is 4.56. The Morgan fingerprint density at radius 2 is 1.55 bits per heavy atom. The van der Waals surface area contributed by atoms with E-state index in [9.17, 15) is 8.42 Å². The molecule has 3 aromatic rings. The van der Waals surface area contributed by atoms with Crippen LogP contribution in [0, 0.1) is 0 Å². The van der Waals surface area contributed by atoms with E-state index < -0.39 is 10.0 Å². The molecule has 29 heavy (non-hydrogen) atoms. The molecule has 0 N–H and O–H groups in total. The van der Waals surface area contributed by atoms with Gasteiger partial charge < -0.3 is 0 Å². The van der Waals surface area contributed by atoms with E-state index in [2.05, 4.69) is 9.50 Å². The summed E-state index contributed by atoms with van der Waals surface area (Å²) >= 11 is 6.02. The summed E-state index contributed by atoms with van der Waals surface area (Å²) in [4.78, 5) is 0.150. The van der Waals surface area contributed by atoms with Gasteiger partial charge >= 0.3 is 0 Å². The van der Waals surface area contributed by atoms with Crippen LogP contribution >= 0.6 is 11.6 Å². The van der Waals surface area contributed by atoms with Crippen LogP contribution in [0.4, 0.5) is 0 Å². The molecule has 4 rings (SSSR count). The average Bonchev–Trinajstić information content (AvgIpc) is 3.19. The molecule has 3 aromatic carbocycles. The SMILES string of the molecule is O=S(=O)(N=CN1CC(c2ccccc2)C(c2ccc(Cl)cc2)=N1)c1ccccc1. The van der Waals surface area contributed by atoms with E-state index in [1.54, 1.807) is 23.2 Å². The van der Waals surface area contributed by atoms with E-state index in [-0.39, 0.29) is 10.8 Å². The smallest absolute Gasteiger partial charge is 0.252 e. The number of sulfonamides is 1. The van der Waals surface area contributed by atoms with Gasteiger partial charge in [0.15, 0.2) is 0 Å². The third-order valence-electron chi connectivity index (χ3n) is 4.64. The summed E-state index contributed by atoms with van der Waals surface area (Å²) in [6, 6.07) is 25.6. The predicted molar refractivity (Wildman–Crippen MR) is 116 cm³/mol. The van der Waals surface area contributed by atoms with Gasteiger partial charge in [0.25, 0.3) is 10.0 Å². The van der Waals surface area contributed by atoms with Crippen LogP contribution in [-0.4, -0.2) is 32.0 Å². The Bertz CT molecular complexity index is 1150. The second-order valence-corrected chi connectivity index (χ2v) is 8.66. The maximum absolute atomic E-state index is 12.4. The first-order valence-electron chi connectivity index (χ1n) is 9.04. The van der Waals surface area contributed by atoms with E-state index in [1.165, 1.54) is 18.5 Å². The number of halogens is 1. The molecule has 0 bridgehead atoms. The van der Waals surface area contributed by atoms with Crippen molar-refractivity contribution in [2.75, 3.05) is 6.54 Å². The quantitative estimate of drug-likeness (QED) is 0.446. The second-order valence-electron chi connectivity index (χ2n) is 6.59. The van der Waals surface area contributed by atoms with E-state index in [0.29, 0.717) is 11.6 Å². The summed E-state index contributed by atoms with van der Waals surface area (Å²) in [7, 11) is -3.78. The lowest BCUT2D eigenvalue weighted by Gasteiger charge is -2.13. The monoisotopic (exact) mass is 423 g/mol. The highest BCUT2D eigenvalue weighted by atomic mass is 35.5. The number of rotatable bonds is 5. The minimum absolute atomic E-state index is 0.0109. The van der Waals surface area contributed by atoms with Crippen LogP contribution in [0.2, 0.25) is 5.02 Å². The van der Waals surface area contributed by atoms with Crippen molar-refractivity contribution in [2.24, 2.45) is 9.50 Å². The molecule has 0 aromatic heterocycles. The fourth-order valence-corrected chi connectivity index (χ4v) is 4.18. The number of hydrogen-bond donors (Lipinski definition) is 0. The summed E-state index contributed by atoms with van der Waals surface area (Å²) in [6.07, 6.45) is 1.28. The molecule has 0 amide bonds. The van der Waals surface area contributed by atoms with Crippen molar-refractivity contribution in [3.05, 3.63) is 101 Å². The van der Waals surface area contributed by atoms with Crippen LogP contribution in [0.5, 0.6) is 0 Å². The summed E-state index contributed by atoms with van der Waals surface area (Å²) in [5.74, 6) is -0.0109. The molecule has 5 nitrogen and oxygen atoms in total. The summed E-state index contributed by atoms with van der Waals surface area (Å²) in [5.41, 5.74) is 2.88. The first-order chi connectivity index (χ1) is 14.0. The molecule has 0 fully saturated rings. The Balaban J connectivity index is 1.65. The van der Waals surface area contributed by atoms with Gasteiger partial charge in [0.2, 0.25) is 0 Å². The van der Waals surface area contributed by atoms with Crippen LogP contribution in [0.15, 0.2) is 99.3 Å². The lowest BCUT2D eigenvalue weighted by atomic mass is 9.91. The van der Waals surface area contributed by atoms with Crippen molar-refractivity contribution in [1.82, 2.24) is 5.01 Å². The minimum Gasteiger partial charge on any atom is -0.252 e. The summed E-state index contributed by atoms with van der Waals surface area (Å²) in [5, 5.41) is 6.86. The van der Waals surface area contributed by atoms with E-state index in [1.807, 2.05) is 54.6 Å². The third kappa shape index (κ3) is 4.39. The lowest BCUT2D eigenvalue weighted by molar-refractivity contribution is 0.489. The molecular weight excluding hydrogens is 406 g/mol. The molecular formula is C22H18ClN3O2S. The van der Waals surface area contributed by atoms with Crippen molar-refractivity contribution in [3.8, 4) is 0 Å². The zero-order chi connectivity index (χ0) is 20.3. The Labute approximate surface area is 175 Å². The van der Waals surface area contributed by atoms with Gasteiger partial charge in [-0.05, 0) is 35.4 Å². The molecule has 0 saturated heterocycles. The summed E-state index contributed by atoms with van der Waals surface area (Å²) < 4.78 is 28.7. The Morgan fingerprint density at radius 3 is 2.21 bits per heavy atom. The standard InChI is InChI=1S/C22H18ClN3O2S/c23-19-13-11-18(12-14-19)22-21(17-7-3-1-4-8-17)15-26(25-22)16-24-29(27,28)20-9-5-2-6-10-20/h1-14,16,21H,15H2. The van der Waals surface area contributed by atoms with Crippen molar-refractivity contribution < 1.29 is 8.42 Å². The minimum atomic E-state index is -3.78. The molecule has 1 unspecified atom stereocenters. The normalized spacial score (nSPS) is 16.9. The highest BCUT2D eigenvalue weighted by Crippen LogP contribution is 2.28. The maximum atomic E-state index is 12.4. The molecule has 1 heterocycles. The largest absolute Gasteiger partial charge is 0.283 e. The highest BCUT2D eigenvalue weighted by molar-refractivity contribution is 7.90. The van der Waals surface area contributed by atoms with Crippen molar-refractivity contribution in [3.63, 3.8) is 0 Å². The van der Waals surface area contributed by atoms with Crippen LogP contribution < -0.4 is 0 Å². The molecule has 0 spiro atoms. The molecule has 0 radical (unpaired) electrons. The Hall–Kier alpha value is -2.96. The first kappa shape index (κ1) is 19.4. The van der Waals surface area contributed by atoms with Crippen molar-refractivity contribution in [2.45, 2.75) is 10.8 Å². The fourth-order valence-electron chi connectivity index (χ4n) is 3.19. The zero-order valence-corrected chi connectivity index (χ0v) is 17.0. The number of nitrogens with zero attached hydrogens (tertiary/aromatic N) is 3. The number of hydrazone groups is 1. The van der Waals surface area contributed by atoms with E-state index in [4.69, 9.17) is 11.6 Å². The van der Waals surface area contributed by atoms with Gasteiger partial charge in [0.1, 0.15) is 6.34 Å². The van der Waals surface area contributed by atoms with Gasteiger partial charge in [0, 0.05) is 10.9 Å². The topological polar surface area (TPSA) is 62.1 Å². The number of hydrogen-bond acceptors (Lipinski definition) is 3. The van der Waals surface area contributed by atoms with Gasteiger partial charge in [-0.15, -0.1) is 4.40 Å². The average molecular weight is 424 g/mol. The molecule has 1 atom stereocenters. The lowest BCUT2D eigenvalue weighted by Crippen LogP contribution is -2.18.